The second-order valence-electron chi connectivity index (χ2n) is 17.4. The summed E-state index contributed by atoms with van der Waals surface area (Å²) in [6.45, 7) is 9.56. The molecular weight excluding hydrogens is 924 g/mol. The SMILES string of the molecule is CCc1cccc(N(CC)C(=O)Cn2c(C(=O)CC3CCC(C(=O)NCCCCCCNC(=O)OCCOCCOCCOC(=O)CCCOCCOCCCCCCCl)CC3)cc3sccc32)c1. The first-order chi connectivity index (χ1) is 33.7. The molecule has 15 nitrogen and oxygen atoms in total. The van der Waals surface area contributed by atoms with Crippen LogP contribution in [0.1, 0.15) is 126 Å². The highest BCUT2D eigenvalue weighted by Gasteiger charge is 2.29. The summed E-state index contributed by atoms with van der Waals surface area (Å²) >= 11 is 7.24. The molecule has 2 aromatic heterocycles. The van der Waals surface area contributed by atoms with Gasteiger partial charge in [0.2, 0.25) is 11.8 Å². The van der Waals surface area contributed by atoms with Crippen molar-refractivity contribution in [2.45, 2.75) is 123 Å². The number of Topliss-reactive ketones (excluding diaryl/α,β-unsaturated/α-hetero) is 1. The van der Waals surface area contributed by atoms with Gasteiger partial charge in [-0.05, 0) is 112 Å². The van der Waals surface area contributed by atoms with Crippen LogP contribution in [0.5, 0.6) is 0 Å². The monoisotopic (exact) mass is 1000 g/mol. The largest absolute Gasteiger partial charge is 0.463 e. The number of likely N-dealkylation sites (N-methyl/N-ethyl adjacent to an activating group) is 1. The zero-order valence-corrected chi connectivity index (χ0v) is 42.9. The van der Waals surface area contributed by atoms with E-state index in [1.807, 2.05) is 41.1 Å². The van der Waals surface area contributed by atoms with Gasteiger partial charge >= 0.3 is 12.1 Å². The van der Waals surface area contributed by atoms with Crippen molar-refractivity contribution in [3.05, 3.63) is 53.0 Å². The average Bonchev–Trinajstić information content (AvgIpc) is 3.96. The molecule has 3 amide bonds. The average molecular weight is 1000 g/mol. The standard InChI is InChI=1S/C52H79ClN4O11S/c1-3-41-15-13-16-44(37-41)56(4-2)49(59)40-57-45-22-36-69-48(45)39-46(57)47(58)38-42-18-20-43(21-19-42)51(61)54-24-10-6-7-11-25-55-52(62)68-35-33-66-31-30-65-32-34-67-50(60)17-14-27-64-29-28-63-26-12-8-5-9-23-53/h13,15-16,22,36-37,39,42-43H,3-12,14,17-21,23-35,38,40H2,1-2H3,(H,54,61)(H,55,62). The van der Waals surface area contributed by atoms with E-state index in [0.29, 0.717) is 77.1 Å². The van der Waals surface area contributed by atoms with Crippen molar-refractivity contribution in [2.24, 2.45) is 11.8 Å². The molecule has 0 atom stereocenters. The maximum absolute atomic E-state index is 13.8. The number of nitrogens with zero attached hydrogens (tertiary/aromatic N) is 2. The van der Waals surface area contributed by atoms with Crippen molar-refractivity contribution in [1.29, 1.82) is 0 Å². The molecule has 69 heavy (non-hydrogen) atoms. The number of carbonyl (C=O) groups is 5. The molecule has 2 heterocycles. The summed E-state index contributed by atoms with van der Waals surface area (Å²) in [7, 11) is 0. The van der Waals surface area contributed by atoms with Gasteiger partial charge in [0.25, 0.3) is 0 Å². The summed E-state index contributed by atoms with van der Waals surface area (Å²) in [5, 5.41) is 7.85. The molecule has 0 unspecified atom stereocenters. The van der Waals surface area contributed by atoms with Crippen molar-refractivity contribution < 1.29 is 52.4 Å². The molecule has 0 bridgehead atoms. The van der Waals surface area contributed by atoms with Crippen molar-refractivity contribution in [2.75, 3.05) is 96.5 Å². The third kappa shape index (κ3) is 22.7. The number of hydrogen-bond donors (Lipinski definition) is 2. The van der Waals surface area contributed by atoms with E-state index in [9.17, 15) is 24.0 Å². The first-order valence-electron chi connectivity index (χ1n) is 25.4. The minimum Gasteiger partial charge on any atom is -0.463 e. The fourth-order valence-electron chi connectivity index (χ4n) is 8.34. The highest BCUT2D eigenvalue weighted by atomic mass is 35.5. The molecule has 0 saturated heterocycles. The van der Waals surface area contributed by atoms with Crippen LogP contribution in [-0.4, -0.2) is 126 Å². The number of halogens is 1. The molecule has 0 aliphatic heterocycles. The lowest BCUT2D eigenvalue weighted by molar-refractivity contribution is -0.145. The van der Waals surface area contributed by atoms with Crippen molar-refractivity contribution in [3.8, 4) is 0 Å². The van der Waals surface area contributed by atoms with E-state index in [1.165, 1.54) is 5.56 Å². The number of hydrogen-bond acceptors (Lipinski definition) is 12. The van der Waals surface area contributed by atoms with E-state index in [1.54, 1.807) is 16.2 Å². The van der Waals surface area contributed by atoms with Crippen molar-refractivity contribution in [1.82, 2.24) is 15.2 Å². The van der Waals surface area contributed by atoms with Gasteiger partial charge in [-0.25, -0.2) is 4.79 Å². The minimum atomic E-state index is -0.488. The molecule has 0 spiro atoms. The number of carbonyl (C=O) groups excluding carboxylic acids is 5. The number of aromatic nitrogens is 1. The Morgan fingerprint density at radius 3 is 2.04 bits per heavy atom. The van der Waals surface area contributed by atoms with E-state index < -0.39 is 6.09 Å². The van der Waals surface area contributed by atoms with Gasteiger partial charge in [-0.1, -0.05) is 44.7 Å². The number of alkyl halides is 1. The second kappa shape index (κ2) is 35.1. The van der Waals surface area contributed by atoms with E-state index in [4.69, 9.17) is 40.0 Å². The predicted molar refractivity (Wildman–Crippen MR) is 272 cm³/mol. The maximum Gasteiger partial charge on any atom is 0.407 e. The Morgan fingerprint density at radius 2 is 1.35 bits per heavy atom. The van der Waals surface area contributed by atoms with Crippen LogP contribution < -0.4 is 15.5 Å². The number of fused-ring (bicyclic) bond motifs is 1. The lowest BCUT2D eigenvalue weighted by atomic mass is 9.79. The van der Waals surface area contributed by atoms with Crippen LogP contribution in [0.4, 0.5) is 10.5 Å². The Morgan fingerprint density at radius 1 is 0.710 bits per heavy atom. The molecule has 17 heteroatoms. The fraction of sp³-hybridized carbons (Fsp3) is 0.673. The smallest absolute Gasteiger partial charge is 0.407 e. The second-order valence-corrected chi connectivity index (χ2v) is 18.8. The summed E-state index contributed by atoms with van der Waals surface area (Å²) in [6, 6.07) is 12.0. The van der Waals surface area contributed by atoms with Crippen molar-refractivity contribution >= 4 is 68.5 Å². The summed E-state index contributed by atoms with van der Waals surface area (Å²) in [5.74, 6) is 0.673. The number of ether oxygens (including phenoxy) is 6. The number of alkyl carbamates (subject to hydrolysis) is 1. The van der Waals surface area contributed by atoms with Gasteiger partial charge in [0.15, 0.2) is 5.78 Å². The van der Waals surface area contributed by atoms with Gasteiger partial charge in [0, 0.05) is 63.2 Å². The first kappa shape index (κ1) is 57.5. The van der Waals surface area contributed by atoms with Gasteiger partial charge in [0.05, 0.1) is 55.6 Å². The molecule has 3 aromatic rings. The predicted octanol–water partition coefficient (Wildman–Crippen LogP) is 9.29. The molecule has 0 radical (unpaired) electrons. The Balaban J connectivity index is 0.933. The van der Waals surface area contributed by atoms with Gasteiger partial charge in [0.1, 0.15) is 19.8 Å². The summed E-state index contributed by atoms with van der Waals surface area (Å²) in [4.78, 5) is 66.1. The summed E-state index contributed by atoms with van der Waals surface area (Å²) in [5.41, 5.74) is 3.54. The van der Waals surface area contributed by atoms with Gasteiger partial charge in [-0.15, -0.1) is 22.9 Å². The van der Waals surface area contributed by atoms with Crippen LogP contribution in [0.3, 0.4) is 0 Å². The molecular formula is C52H79ClN4O11S. The third-order valence-corrected chi connectivity index (χ3v) is 13.4. The number of unbranched alkanes of at least 4 members (excludes halogenated alkanes) is 6. The molecule has 1 saturated carbocycles. The van der Waals surface area contributed by atoms with Crippen LogP contribution in [0.25, 0.3) is 10.2 Å². The Labute approximate surface area is 418 Å². The Hall–Kier alpha value is -4.06. The number of benzene rings is 1. The van der Waals surface area contributed by atoms with Crippen LogP contribution in [-0.2, 0) is 55.8 Å². The molecule has 1 aliphatic rings. The van der Waals surface area contributed by atoms with Crippen LogP contribution in [0.15, 0.2) is 41.8 Å². The zero-order chi connectivity index (χ0) is 49.3. The molecule has 1 aromatic carbocycles. The lowest BCUT2D eigenvalue weighted by Gasteiger charge is -2.27. The fourth-order valence-corrected chi connectivity index (χ4v) is 9.35. The van der Waals surface area contributed by atoms with Crippen LogP contribution in [0.2, 0.25) is 0 Å². The molecule has 386 valence electrons. The highest BCUT2D eigenvalue weighted by molar-refractivity contribution is 7.17. The number of nitrogens with one attached hydrogen (secondary N) is 2. The van der Waals surface area contributed by atoms with E-state index in [-0.39, 0.29) is 74.8 Å². The van der Waals surface area contributed by atoms with Gasteiger partial charge in [-0.3, -0.25) is 19.2 Å². The Bertz CT molecular complexity index is 1930. The summed E-state index contributed by atoms with van der Waals surface area (Å²) < 4.78 is 35.1. The van der Waals surface area contributed by atoms with E-state index in [0.717, 1.165) is 106 Å². The van der Waals surface area contributed by atoms with Crippen LogP contribution >= 0.6 is 22.9 Å². The summed E-state index contributed by atoms with van der Waals surface area (Å²) in [6.07, 6.45) is 12.7. The zero-order valence-electron chi connectivity index (χ0n) is 41.3. The van der Waals surface area contributed by atoms with Crippen LogP contribution in [0, 0.1) is 11.8 Å². The number of thiophene rings is 1. The molecule has 1 fully saturated rings. The number of rotatable bonds is 38. The van der Waals surface area contributed by atoms with Gasteiger partial charge in [-0.2, -0.15) is 0 Å². The third-order valence-electron chi connectivity index (χ3n) is 12.3. The number of ketones is 1. The number of amides is 3. The topological polar surface area (TPSA) is 173 Å². The number of anilines is 1. The molecule has 1 aliphatic carbocycles. The number of esters is 1. The highest BCUT2D eigenvalue weighted by Crippen LogP contribution is 2.33. The van der Waals surface area contributed by atoms with E-state index in [2.05, 4.69) is 29.7 Å². The Kier molecular flexibility index (Phi) is 29.3. The molecule has 4 rings (SSSR count). The maximum atomic E-state index is 13.8. The lowest BCUT2D eigenvalue weighted by Crippen LogP contribution is -2.35. The van der Waals surface area contributed by atoms with E-state index >= 15 is 0 Å². The first-order valence-corrected chi connectivity index (χ1v) is 26.8. The minimum absolute atomic E-state index is 0.0441. The number of aryl methyl sites for hydroxylation is 1. The normalized spacial score (nSPS) is 14.7. The molecule has 2 N–H and O–H groups in total. The quantitative estimate of drug-likeness (QED) is 0.0243. The van der Waals surface area contributed by atoms with Gasteiger partial charge < -0.3 is 48.5 Å². The van der Waals surface area contributed by atoms with Crippen molar-refractivity contribution in [3.63, 3.8) is 0 Å².